The van der Waals surface area contributed by atoms with E-state index in [2.05, 4.69) is 0 Å². The van der Waals surface area contributed by atoms with Crippen molar-refractivity contribution in [1.29, 1.82) is 0 Å². The van der Waals surface area contributed by atoms with Crippen LogP contribution in [0, 0.1) is 17.0 Å². The molecule has 0 spiro atoms. The fraction of sp³-hybridized carbons (Fsp3) is 0.400. The Morgan fingerprint density at radius 3 is 2.60 bits per heavy atom. The van der Waals surface area contributed by atoms with Gasteiger partial charge in [0.2, 0.25) is 0 Å². The van der Waals surface area contributed by atoms with E-state index < -0.39 is 17.1 Å². The van der Waals surface area contributed by atoms with Crippen LogP contribution in [0.4, 0.5) is 0 Å². The van der Waals surface area contributed by atoms with Crippen LogP contribution < -0.4 is 0 Å². The van der Waals surface area contributed by atoms with E-state index in [1.54, 1.807) is 0 Å². The van der Waals surface area contributed by atoms with Gasteiger partial charge in [0.15, 0.2) is 5.78 Å². The van der Waals surface area contributed by atoms with E-state index in [9.17, 15) is 14.9 Å². The Bertz CT molecular complexity index is 603. The number of ether oxygens (including phenoxy) is 1. The number of benzene rings is 1. The maximum Gasteiger partial charge on any atom is 0.364 e. The van der Waals surface area contributed by atoms with Crippen molar-refractivity contribution in [3.05, 3.63) is 56.8 Å². The van der Waals surface area contributed by atoms with Gasteiger partial charge in [-0.2, -0.15) is 0 Å². The number of hydrogen-bond donors (Lipinski definition) is 0. The molecule has 0 bridgehead atoms. The first-order valence-corrected chi connectivity index (χ1v) is 6.71. The lowest BCUT2D eigenvalue weighted by Gasteiger charge is -2.16. The fourth-order valence-corrected chi connectivity index (χ4v) is 2.93. The second-order valence-corrected chi connectivity index (χ2v) is 5.30. The number of hydrogen-bond acceptors (Lipinski definition) is 4. The molecule has 5 nitrogen and oxygen atoms in total. The molecular weight excluding hydrogens is 258 g/mol. The Kier molecular flexibility index (Phi) is 3.04. The van der Waals surface area contributed by atoms with Crippen molar-refractivity contribution in [1.82, 2.24) is 0 Å². The predicted molar refractivity (Wildman–Crippen MR) is 71.7 cm³/mol. The predicted octanol–water partition coefficient (Wildman–Crippen LogP) is 2.72. The molecule has 0 amide bonds. The second-order valence-electron chi connectivity index (χ2n) is 5.30. The van der Waals surface area contributed by atoms with Crippen LogP contribution in [-0.2, 0) is 9.53 Å². The zero-order valence-corrected chi connectivity index (χ0v) is 11.2. The third-order valence-electron chi connectivity index (χ3n) is 3.91. The summed E-state index contributed by atoms with van der Waals surface area (Å²) in [6.45, 7) is 1.95. The van der Waals surface area contributed by atoms with Gasteiger partial charge in [0, 0.05) is 12.8 Å². The van der Waals surface area contributed by atoms with Gasteiger partial charge < -0.3 is 4.74 Å². The highest BCUT2D eigenvalue weighted by Gasteiger charge is 2.48. The SMILES string of the molecule is Cc1ccc(C2C3=C(CCCC3=O)OC2[N+](=O)[O-])cc1. The van der Waals surface area contributed by atoms with Crippen LogP contribution >= 0.6 is 0 Å². The topological polar surface area (TPSA) is 69.4 Å². The molecule has 0 saturated carbocycles. The molecule has 0 radical (unpaired) electrons. The minimum absolute atomic E-state index is 0.0128. The average molecular weight is 273 g/mol. The molecule has 1 aliphatic heterocycles. The molecule has 0 fully saturated rings. The molecule has 5 heteroatoms. The normalized spacial score (nSPS) is 25.4. The largest absolute Gasteiger partial charge is 0.433 e. The summed E-state index contributed by atoms with van der Waals surface area (Å²) in [7, 11) is 0. The molecule has 2 aliphatic rings. The first-order chi connectivity index (χ1) is 9.58. The highest BCUT2D eigenvalue weighted by molar-refractivity contribution is 5.98. The number of rotatable bonds is 2. The Morgan fingerprint density at radius 1 is 1.25 bits per heavy atom. The average Bonchev–Trinajstić information content (AvgIpc) is 2.81. The molecule has 20 heavy (non-hydrogen) atoms. The van der Waals surface area contributed by atoms with Crippen LogP contribution in [0.5, 0.6) is 0 Å². The third kappa shape index (κ3) is 1.99. The molecular formula is C15H15NO4. The van der Waals surface area contributed by atoms with Crippen LogP contribution in [0.2, 0.25) is 0 Å². The fourth-order valence-electron chi connectivity index (χ4n) is 2.93. The summed E-state index contributed by atoms with van der Waals surface area (Å²) < 4.78 is 5.45. The number of carbonyl (C=O) groups excluding carboxylic acids is 1. The van der Waals surface area contributed by atoms with Crippen LogP contribution in [0.25, 0.3) is 0 Å². The van der Waals surface area contributed by atoms with Gasteiger partial charge in [-0.25, -0.2) is 0 Å². The zero-order valence-electron chi connectivity index (χ0n) is 11.2. The van der Waals surface area contributed by atoms with Gasteiger partial charge in [-0.1, -0.05) is 29.8 Å². The number of nitrogens with zero attached hydrogens (tertiary/aromatic N) is 1. The van der Waals surface area contributed by atoms with Crippen molar-refractivity contribution in [2.75, 3.05) is 0 Å². The Morgan fingerprint density at radius 2 is 1.95 bits per heavy atom. The van der Waals surface area contributed by atoms with E-state index in [4.69, 9.17) is 4.74 Å². The number of ketones is 1. The lowest BCUT2D eigenvalue weighted by atomic mass is 9.83. The van der Waals surface area contributed by atoms with Crippen LogP contribution in [0.3, 0.4) is 0 Å². The van der Waals surface area contributed by atoms with Crippen molar-refractivity contribution in [2.45, 2.75) is 38.3 Å². The van der Waals surface area contributed by atoms with Crippen molar-refractivity contribution in [3.8, 4) is 0 Å². The molecule has 3 rings (SSSR count). The minimum Gasteiger partial charge on any atom is -0.433 e. The molecule has 1 aromatic carbocycles. The maximum absolute atomic E-state index is 12.1. The summed E-state index contributed by atoms with van der Waals surface area (Å²) in [5.41, 5.74) is 2.37. The molecule has 2 unspecified atom stereocenters. The zero-order chi connectivity index (χ0) is 14.3. The summed E-state index contributed by atoms with van der Waals surface area (Å²) in [6, 6.07) is 7.49. The number of aryl methyl sites for hydroxylation is 1. The minimum atomic E-state index is -1.18. The molecule has 1 heterocycles. The number of carbonyl (C=O) groups is 1. The highest BCUT2D eigenvalue weighted by Crippen LogP contribution is 2.44. The van der Waals surface area contributed by atoms with Crippen LogP contribution in [-0.4, -0.2) is 16.9 Å². The molecule has 1 aliphatic carbocycles. The van der Waals surface area contributed by atoms with E-state index in [0.717, 1.165) is 11.1 Å². The van der Waals surface area contributed by atoms with Gasteiger partial charge >= 0.3 is 6.23 Å². The second kappa shape index (κ2) is 4.74. The first kappa shape index (κ1) is 12.8. The summed E-state index contributed by atoms with van der Waals surface area (Å²) in [5.74, 6) is -0.0666. The number of nitro groups is 1. The highest BCUT2D eigenvalue weighted by atomic mass is 16.7. The van der Waals surface area contributed by atoms with Crippen molar-refractivity contribution in [3.63, 3.8) is 0 Å². The molecule has 0 N–H and O–H groups in total. The number of Topliss-reactive ketones (excluding diaryl/α,β-unsaturated/α-hetero) is 1. The van der Waals surface area contributed by atoms with E-state index in [1.807, 2.05) is 31.2 Å². The van der Waals surface area contributed by atoms with Crippen molar-refractivity contribution >= 4 is 5.78 Å². The monoisotopic (exact) mass is 273 g/mol. The van der Waals surface area contributed by atoms with Gasteiger partial charge in [-0.15, -0.1) is 0 Å². The van der Waals surface area contributed by atoms with Crippen molar-refractivity contribution in [2.24, 2.45) is 0 Å². The standard InChI is InChI=1S/C15H15NO4/c1-9-5-7-10(8-6-9)13-14-11(17)3-2-4-12(14)20-15(13)16(18)19/h5-8,13,15H,2-4H2,1H3. The van der Waals surface area contributed by atoms with Gasteiger partial charge in [0.1, 0.15) is 11.7 Å². The number of allylic oxidation sites excluding steroid dienone is 1. The van der Waals surface area contributed by atoms with Gasteiger partial charge in [-0.05, 0) is 18.9 Å². The lowest BCUT2D eigenvalue weighted by molar-refractivity contribution is -0.570. The lowest BCUT2D eigenvalue weighted by Crippen LogP contribution is -2.27. The quantitative estimate of drug-likeness (QED) is 0.613. The molecule has 0 aromatic heterocycles. The molecule has 1 aromatic rings. The van der Waals surface area contributed by atoms with E-state index in [0.29, 0.717) is 30.6 Å². The summed E-state index contributed by atoms with van der Waals surface area (Å²) >= 11 is 0. The maximum atomic E-state index is 12.1. The summed E-state index contributed by atoms with van der Waals surface area (Å²) in [4.78, 5) is 22.9. The van der Waals surface area contributed by atoms with Gasteiger partial charge in [-0.3, -0.25) is 14.9 Å². The summed E-state index contributed by atoms with van der Waals surface area (Å²) in [6.07, 6.45) is 0.607. The smallest absolute Gasteiger partial charge is 0.364 e. The Labute approximate surface area is 116 Å². The molecule has 2 atom stereocenters. The Balaban J connectivity index is 2.07. The van der Waals surface area contributed by atoms with Gasteiger partial charge in [0.05, 0.1) is 10.5 Å². The van der Waals surface area contributed by atoms with Crippen molar-refractivity contribution < 1.29 is 14.5 Å². The van der Waals surface area contributed by atoms with E-state index in [1.165, 1.54) is 0 Å². The van der Waals surface area contributed by atoms with Crippen LogP contribution in [0.1, 0.15) is 36.3 Å². The van der Waals surface area contributed by atoms with E-state index in [-0.39, 0.29) is 5.78 Å². The summed E-state index contributed by atoms with van der Waals surface area (Å²) in [5, 5.41) is 11.2. The molecule has 104 valence electrons. The first-order valence-electron chi connectivity index (χ1n) is 6.71. The Hall–Kier alpha value is -2.17. The van der Waals surface area contributed by atoms with E-state index >= 15 is 0 Å². The van der Waals surface area contributed by atoms with Crippen LogP contribution in [0.15, 0.2) is 35.6 Å². The third-order valence-corrected chi connectivity index (χ3v) is 3.91. The molecule has 0 saturated heterocycles. The van der Waals surface area contributed by atoms with Gasteiger partial charge in [0.25, 0.3) is 0 Å².